The van der Waals surface area contributed by atoms with Gasteiger partial charge in [-0.2, -0.15) is 0 Å². The Labute approximate surface area is 141 Å². The third-order valence-electron chi connectivity index (χ3n) is 5.51. The molecule has 1 aliphatic carbocycles. The van der Waals surface area contributed by atoms with Crippen molar-refractivity contribution in [3.63, 3.8) is 0 Å². The lowest BCUT2D eigenvalue weighted by molar-refractivity contribution is -0.0112. The van der Waals surface area contributed by atoms with Gasteiger partial charge in [0.15, 0.2) is 0 Å². The first-order valence-corrected chi connectivity index (χ1v) is 8.27. The molecule has 2 aliphatic rings. The molecule has 4 heteroatoms. The Morgan fingerprint density at radius 1 is 1.05 bits per heavy atom. The molecule has 3 rings (SSSR count). The minimum absolute atomic E-state index is 0. The molecule has 0 bridgehead atoms. The lowest BCUT2D eigenvalue weighted by atomic mass is 9.73. The summed E-state index contributed by atoms with van der Waals surface area (Å²) in [5.41, 5.74) is 1.71. The molecule has 0 amide bonds. The van der Waals surface area contributed by atoms with Crippen LogP contribution in [0.2, 0.25) is 0 Å². The normalized spacial score (nSPS) is 30.0. The molecule has 1 aromatic rings. The van der Waals surface area contributed by atoms with Crippen molar-refractivity contribution in [1.29, 1.82) is 0 Å². The highest BCUT2D eigenvalue weighted by atomic mass is 35.5. The summed E-state index contributed by atoms with van der Waals surface area (Å²) < 4.78 is 5.49. The van der Waals surface area contributed by atoms with E-state index in [-0.39, 0.29) is 17.9 Å². The van der Waals surface area contributed by atoms with Crippen molar-refractivity contribution in [3.05, 3.63) is 35.9 Å². The van der Waals surface area contributed by atoms with Gasteiger partial charge in [0.05, 0.1) is 13.2 Å². The van der Waals surface area contributed by atoms with Crippen LogP contribution in [0, 0.1) is 0 Å². The molecule has 0 unspecified atom stereocenters. The van der Waals surface area contributed by atoms with Crippen molar-refractivity contribution in [2.45, 2.75) is 37.3 Å². The molecule has 1 aromatic carbocycles. The van der Waals surface area contributed by atoms with Gasteiger partial charge < -0.3 is 4.74 Å². The highest BCUT2D eigenvalue weighted by Crippen LogP contribution is 2.42. The van der Waals surface area contributed by atoms with E-state index < -0.39 is 0 Å². The van der Waals surface area contributed by atoms with E-state index in [4.69, 9.17) is 4.74 Å². The summed E-state index contributed by atoms with van der Waals surface area (Å²) in [5, 5.41) is 0. The molecular formula is C18H29ClN2O. The predicted molar refractivity (Wildman–Crippen MR) is 93.7 cm³/mol. The zero-order valence-electron chi connectivity index (χ0n) is 13.8. The number of halogens is 1. The van der Waals surface area contributed by atoms with Crippen LogP contribution < -0.4 is 0 Å². The molecule has 1 heterocycles. The number of morpholine rings is 1. The maximum absolute atomic E-state index is 5.49. The van der Waals surface area contributed by atoms with Crippen molar-refractivity contribution in [1.82, 2.24) is 9.80 Å². The highest BCUT2D eigenvalue weighted by Gasteiger charge is 2.40. The number of hydrogen-bond donors (Lipinski definition) is 0. The molecule has 0 atom stereocenters. The summed E-state index contributed by atoms with van der Waals surface area (Å²) >= 11 is 0. The molecule has 3 nitrogen and oxygen atoms in total. The van der Waals surface area contributed by atoms with Crippen LogP contribution in [0.3, 0.4) is 0 Å². The molecule has 0 aromatic heterocycles. The maximum atomic E-state index is 5.49. The second-order valence-electron chi connectivity index (χ2n) is 6.67. The fourth-order valence-corrected chi connectivity index (χ4v) is 4.13. The van der Waals surface area contributed by atoms with Crippen molar-refractivity contribution < 1.29 is 4.74 Å². The minimum Gasteiger partial charge on any atom is -0.379 e. The van der Waals surface area contributed by atoms with Gasteiger partial charge in [0.25, 0.3) is 0 Å². The Balaban J connectivity index is 0.00000176. The molecule has 0 spiro atoms. The smallest absolute Gasteiger partial charge is 0.0594 e. The zero-order valence-corrected chi connectivity index (χ0v) is 14.6. The molecule has 2 fully saturated rings. The van der Waals surface area contributed by atoms with E-state index in [0.29, 0.717) is 0 Å². The lowest BCUT2D eigenvalue weighted by Crippen LogP contribution is -2.51. The van der Waals surface area contributed by atoms with Gasteiger partial charge >= 0.3 is 0 Å². The number of benzene rings is 1. The van der Waals surface area contributed by atoms with E-state index >= 15 is 0 Å². The van der Waals surface area contributed by atoms with Crippen LogP contribution in [0.1, 0.15) is 31.2 Å². The van der Waals surface area contributed by atoms with E-state index in [1.165, 1.54) is 31.2 Å². The van der Waals surface area contributed by atoms with Crippen molar-refractivity contribution >= 4 is 12.4 Å². The third-order valence-corrected chi connectivity index (χ3v) is 5.51. The number of rotatable bonds is 3. The number of hydrogen-bond acceptors (Lipinski definition) is 3. The Bertz CT molecular complexity index is 438. The van der Waals surface area contributed by atoms with Gasteiger partial charge in [-0.15, -0.1) is 12.4 Å². The molecule has 1 aliphatic heterocycles. The van der Waals surface area contributed by atoms with Gasteiger partial charge in [0.2, 0.25) is 0 Å². The Hall–Kier alpha value is -0.610. The van der Waals surface area contributed by atoms with E-state index in [1.54, 1.807) is 0 Å². The van der Waals surface area contributed by atoms with Gasteiger partial charge in [0.1, 0.15) is 0 Å². The first kappa shape index (κ1) is 17.7. The molecule has 0 N–H and O–H groups in total. The van der Waals surface area contributed by atoms with Gasteiger partial charge in [-0.1, -0.05) is 30.3 Å². The molecule has 22 heavy (non-hydrogen) atoms. The second kappa shape index (κ2) is 7.78. The van der Waals surface area contributed by atoms with Crippen LogP contribution in [-0.2, 0) is 10.3 Å². The summed E-state index contributed by atoms with van der Waals surface area (Å²) in [4.78, 5) is 5.09. The zero-order chi connectivity index (χ0) is 14.7. The fraction of sp³-hybridized carbons (Fsp3) is 0.667. The van der Waals surface area contributed by atoms with E-state index in [2.05, 4.69) is 54.2 Å². The van der Waals surface area contributed by atoms with Gasteiger partial charge in [-0.25, -0.2) is 0 Å². The Morgan fingerprint density at radius 3 is 2.18 bits per heavy atom. The molecule has 0 radical (unpaired) electrons. The first-order chi connectivity index (χ1) is 10.2. The average molecular weight is 325 g/mol. The summed E-state index contributed by atoms with van der Waals surface area (Å²) in [6.45, 7) is 4.05. The van der Waals surface area contributed by atoms with Crippen LogP contribution >= 0.6 is 12.4 Å². The van der Waals surface area contributed by atoms with Crippen molar-refractivity contribution in [2.24, 2.45) is 0 Å². The second-order valence-corrected chi connectivity index (χ2v) is 6.67. The number of ether oxygens (including phenoxy) is 1. The van der Waals surface area contributed by atoms with Gasteiger partial charge in [-0.05, 0) is 45.3 Å². The van der Waals surface area contributed by atoms with Crippen LogP contribution in [0.15, 0.2) is 30.3 Å². The average Bonchev–Trinajstić information content (AvgIpc) is 2.56. The minimum atomic E-state index is 0. The lowest BCUT2D eigenvalue weighted by Gasteiger charge is -2.48. The van der Waals surface area contributed by atoms with Crippen LogP contribution in [0.4, 0.5) is 0 Å². The third kappa shape index (κ3) is 3.48. The molecule has 124 valence electrons. The van der Waals surface area contributed by atoms with E-state index in [1.807, 2.05) is 0 Å². The van der Waals surface area contributed by atoms with Gasteiger partial charge in [0, 0.05) is 24.7 Å². The Kier molecular flexibility index (Phi) is 6.27. The monoisotopic (exact) mass is 324 g/mol. The summed E-state index contributed by atoms with van der Waals surface area (Å²) in [5.74, 6) is 0. The van der Waals surface area contributed by atoms with Crippen LogP contribution in [0.5, 0.6) is 0 Å². The van der Waals surface area contributed by atoms with E-state index in [0.717, 1.165) is 32.3 Å². The molecule has 1 saturated heterocycles. The highest BCUT2D eigenvalue weighted by molar-refractivity contribution is 5.85. The number of nitrogens with zero attached hydrogens (tertiary/aromatic N) is 2. The van der Waals surface area contributed by atoms with E-state index in [9.17, 15) is 0 Å². The largest absolute Gasteiger partial charge is 0.379 e. The Morgan fingerprint density at radius 2 is 1.64 bits per heavy atom. The summed E-state index contributed by atoms with van der Waals surface area (Å²) in [6, 6.07) is 11.8. The van der Waals surface area contributed by atoms with Crippen LogP contribution in [0.25, 0.3) is 0 Å². The van der Waals surface area contributed by atoms with Gasteiger partial charge in [-0.3, -0.25) is 9.80 Å². The maximum Gasteiger partial charge on any atom is 0.0594 e. The molecular weight excluding hydrogens is 296 g/mol. The van der Waals surface area contributed by atoms with Crippen molar-refractivity contribution in [2.75, 3.05) is 40.4 Å². The van der Waals surface area contributed by atoms with Crippen LogP contribution in [-0.4, -0.2) is 56.2 Å². The standard InChI is InChI=1S/C18H28N2O.ClH/c1-19(2)18(16-6-4-3-5-7-16)10-8-17(9-11-18)20-12-14-21-15-13-20;/h3-7,17H,8-15H2,1-2H3;1H. The first-order valence-electron chi connectivity index (χ1n) is 8.27. The predicted octanol–water partition coefficient (Wildman–Crippen LogP) is 3.14. The topological polar surface area (TPSA) is 15.7 Å². The fourth-order valence-electron chi connectivity index (χ4n) is 4.13. The SMILES string of the molecule is CN(C)C1(c2ccccc2)CCC(N2CCOCC2)CC1.Cl. The van der Waals surface area contributed by atoms with Crippen molar-refractivity contribution in [3.8, 4) is 0 Å². The quantitative estimate of drug-likeness (QED) is 0.849. The summed E-state index contributed by atoms with van der Waals surface area (Å²) in [7, 11) is 4.48. The molecule has 1 saturated carbocycles. The summed E-state index contributed by atoms with van der Waals surface area (Å²) in [6.07, 6.45) is 5.11.